The molecule has 0 aromatic heterocycles. The van der Waals surface area contributed by atoms with Gasteiger partial charge in [0.25, 0.3) is 16.9 Å². The SMILES string of the molecule is c1ccc(N2C[C@@H]3CCCN3P2Oc2ccc(OP3N(c4ccccc4)C[C@@H]4CCCN43)cc2)cc1. The molecule has 0 saturated carbocycles. The van der Waals surface area contributed by atoms with E-state index in [1.165, 1.54) is 37.1 Å². The highest BCUT2D eigenvalue weighted by Crippen LogP contribution is 2.58. The van der Waals surface area contributed by atoms with E-state index in [4.69, 9.17) is 9.05 Å². The fourth-order valence-electron chi connectivity index (χ4n) is 5.84. The molecule has 36 heavy (non-hydrogen) atoms. The minimum absolute atomic E-state index is 0.599. The maximum absolute atomic E-state index is 6.69. The van der Waals surface area contributed by atoms with E-state index in [0.717, 1.165) is 37.7 Å². The van der Waals surface area contributed by atoms with Gasteiger partial charge in [0, 0.05) is 49.6 Å². The Bertz CT molecular complexity index is 1080. The van der Waals surface area contributed by atoms with Crippen LogP contribution in [0.15, 0.2) is 84.9 Å². The van der Waals surface area contributed by atoms with Crippen molar-refractivity contribution in [2.24, 2.45) is 0 Å². The molecule has 3 aromatic carbocycles. The van der Waals surface area contributed by atoms with E-state index in [1.807, 2.05) is 0 Å². The Kier molecular flexibility index (Phi) is 6.23. The monoisotopic (exact) mass is 518 g/mol. The maximum Gasteiger partial charge on any atom is 0.279 e. The second-order valence-corrected chi connectivity index (χ2v) is 13.3. The number of nitrogens with zero attached hydrogens (tertiary/aromatic N) is 4. The average molecular weight is 519 g/mol. The van der Waals surface area contributed by atoms with Gasteiger partial charge in [-0.1, -0.05) is 36.4 Å². The molecule has 4 heterocycles. The van der Waals surface area contributed by atoms with Gasteiger partial charge in [0.05, 0.1) is 0 Å². The second kappa shape index (κ2) is 9.84. The lowest BCUT2D eigenvalue weighted by Crippen LogP contribution is -2.20. The first-order valence-electron chi connectivity index (χ1n) is 13.1. The quantitative estimate of drug-likeness (QED) is 0.331. The standard InChI is InChI=1S/C28H32N4O2P2/c1-3-9-23(10-4-1)31-21-25-13-7-19-29(25)35(31)33-27-15-17-28(18-16-27)34-36-30-20-8-14-26(30)22-32(36)24-11-5-2-6-12-24/h1-6,9-12,15-18,25-26H,7-8,13-14,19-22H2/t25-,26-,35?,36?/m0/s1. The Balaban J connectivity index is 1.08. The molecular formula is C28H32N4O2P2. The van der Waals surface area contributed by atoms with Gasteiger partial charge in [-0.05, 0) is 74.2 Å². The fourth-order valence-corrected chi connectivity index (χ4v) is 10.3. The zero-order valence-corrected chi connectivity index (χ0v) is 22.2. The molecule has 186 valence electrons. The van der Waals surface area contributed by atoms with Gasteiger partial charge in [-0.3, -0.25) is 0 Å². The van der Waals surface area contributed by atoms with E-state index >= 15 is 0 Å². The maximum atomic E-state index is 6.69. The molecule has 0 amide bonds. The highest BCUT2D eigenvalue weighted by atomic mass is 31.2. The Morgan fingerprint density at radius 2 is 0.972 bits per heavy atom. The van der Waals surface area contributed by atoms with Crippen LogP contribution in [-0.4, -0.2) is 47.6 Å². The lowest BCUT2D eigenvalue weighted by molar-refractivity contribution is 0.429. The van der Waals surface area contributed by atoms with Gasteiger partial charge < -0.3 is 18.4 Å². The van der Waals surface area contributed by atoms with Crippen LogP contribution in [0.1, 0.15) is 25.7 Å². The second-order valence-electron chi connectivity index (χ2n) is 9.91. The summed E-state index contributed by atoms with van der Waals surface area (Å²) < 4.78 is 23.5. The van der Waals surface area contributed by atoms with Crippen LogP contribution in [-0.2, 0) is 0 Å². The van der Waals surface area contributed by atoms with E-state index in [1.54, 1.807) is 0 Å². The van der Waals surface area contributed by atoms with Gasteiger partial charge >= 0.3 is 0 Å². The van der Waals surface area contributed by atoms with Crippen LogP contribution in [0.5, 0.6) is 11.5 Å². The van der Waals surface area contributed by atoms with Crippen molar-refractivity contribution >= 4 is 28.3 Å². The number of benzene rings is 3. The van der Waals surface area contributed by atoms with E-state index in [2.05, 4.69) is 104 Å². The number of rotatable bonds is 6. The molecule has 7 rings (SSSR count). The van der Waals surface area contributed by atoms with Crippen LogP contribution in [0, 0.1) is 0 Å². The highest BCUT2D eigenvalue weighted by Gasteiger charge is 2.46. The van der Waals surface area contributed by atoms with Gasteiger partial charge in [0.15, 0.2) is 0 Å². The van der Waals surface area contributed by atoms with Gasteiger partial charge in [-0.15, -0.1) is 0 Å². The molecule has 0 radical (unpaired) electrons. The molecule has 0 N–H and O–H groups in total. The lowest BCUT2D eigenvalue weighted by Gasteiger charge is -2.30. The predicted molar refractivity (Wildman–Crippen MR) is 149 cm³/mol. The number of hydrogen-bond donors (Lipinski definition) is 0. The first-order valence-corrected chi connectivity index (χ1v) is 15.4. The molecule has 4 aliphatic heterocycles. The highest BCUT2D eigenvalue weighted by molar-refractivity contribution is 7.53. The largest absolute Gasteiger partial charge is 0.440 e. The van der Waals surface area contributed by atoms with Crippen molar-refractivity contribution in [3.63, 3.8) is 0 Å². The third-order valence-corrected chi connectivity index (χ3v) is 11.9. The molecule has 6 nitrogen and oxygen atoms in total. The number of para-hydroxylation sites is 2. The third kappa shape index (κ3) is 4.25. The van der Waals surface area contributed by atoms with Crippen molar-refractivity contribution in [3.8, 4) is 11.5 Å². The van der Waals surface area contributed by atoms with Gasteiger partial charge in [-0.2, -0.15) is 0 Å². The molecule has 4 fully saturated rings. The minimum atomic E-state index is -0.856. The normalized spacial score (nSPS) is 27.9. The Labute approximate surface area is 216 Å². The van der Waals surface area contributed by atoms with Crippen LogP contribution >= 0.6 is 16.9 Å². The van der Waals surface area contributed by atoms with Gasteiger partial charge in [0.1, 0.15) is 11.5 Å². The smallest absolute Gasteiger partial charge is 0.279 e. The summed E-state index contributed by atoms with van der Waals surface area (Å²) in [5, 5.41) is 0. The van der Waals surface area contributed by atoms with E-state index in [0.29, 0.717) is 12.1 Å². The molecule has 0 spiro atoms. The fraction of sp³-hybridized carbons (Fsp3) is 0.357. The van der Waals surface area contributed by atoms with Crippen LogP contribution in [0.3, 0.4) is 0 Å². The Hall–Kier alpha value is -2.36. The summed E-state index contributed by atoms with van der Waals surface area (Å²) in [4.78, 5) is 0. The van der Waals surface area contributed by atoms with Crippen LogP contribution in [0.4, 0.5) is 11.4 Å². The molecule has 8 heteroatoms. The molecule has 0 aliphatic carbocycles. The van der Waals surface area contributed by atoms with Crippen LogP contribution < -0.4 is 18.4 Å². The first-order chi connectivity index (χ1) is 17.8. The van der Waals surface area contributed by atoms with Crippen LogP contribution in [0.25, 0.3) is 0 Å². The Morgan fingerprint density at radius 3 is 1.39 bits per heavy atom. The summed E-state index contributed by atoms with van der Waals surface area (Å²) in [5.41, 5.74) is 2.51. The molecular weight excluding hydrogens is 486 g/mol. The first kappa shape index (κ1) is 22.8. The topological polar surface area (TPSA) is 31.4 Å². The summed E-state index contributed by atoms with van der Waals surface area (Å²) in [6.45, 7) is 4.34. The zero-order valence-electron chi connectivity index (χ0n) is 20.4. The molecule has 0 bridgehead atoms. The van der Waals surface area contributed by atoms with E-state index in [-0.39, 0.29) is 0 Å². The average Bonchev–Trinajstić information content (AvgIpc) is 3.70. The summed E-state index contributed by atoms with van der Waals surface area (Å²) in [5.74, 6) is 1.83. The number of hydrogen-bond acceptors (Lipinski definition) is 6. The van der Waals surface area contributed by atoms with Crippen molar-refractivity contribution in [3.05, 3.63) is 84.9 Å². The molecule has 4 atom stereocenters. The summed E-state index contributed by atoms with van der Waals surface area (Å²) in [6.07, 6.45) is 5.05. The van der Waals surface area contributed by atoms with Crippen LogP contribution in [0.2, 0.25) is 0 Å². The van der Waals surface area contributed by atoms with E-state index in [9.17, 15) is 0 Å². The lowest BCUT2D eigenvalue weighted by atomic mass is 10.2. The van der Waals surface area contributed by atoms with Crippen molar-refractivity contribution in [1.29, 1.82) is 0 Å². The molecule has 3 aromatic rings. The number of anilines is 2. The summed E-state index contributed by atoms with van der Waals surface area (Å²) in [6, 6.07) is 31.0. The van der Waals surface area contributed by atoms with Gasteiger partial charge in [0.2, 0.25) is 0 Å². The molecule has 4 aliphatic rings. The third-order valence-electron chi connectivity index (χ3n) is 7.62. The zero-order chi connectivity index (χ0) is 23.9. The van der Waals surface area contributed by atoms with Crippen molar-refractivity contribution in [2.45, 2.75) is 37.8 Å². The molecule has 2 unspecified atom stereocenters. The molecule has 4 saturated heterocycles. The summed E-state index contributed by atoms with van der Waals surface area (Å²) >= 11 is 0. The van der Waals surface area contributed by atoms with Crippen molar-refractivity contribution in [1.82, 2.24) is 9.34 Å². The van der Waals surface area contributed by atoms with Crippen molar-refractivity contribution < 1.29 is 9.05 Å². The summed E-state index contributed by atoms with van der Waals surface area (Å²) in [7, 11) is -1.71. The predicted octanol–water partition coefficient (Wildman–Crippen LogP) is 6.87. The number of fused-ring (bicyclic) bond motifs is 2. The van der Waals surface area contributed by atoms with E-state index < -0.39 is 16.9 Å². The minimum Gasteiger partial charge on any atom is -0.440 e. The van der Waals surface area contributed by atoms with Crippen molar-refractivity contribution in [2.75, 3.05) is 35.5 Å². The van der Waals surface area contributed by atoms with Gasteiger partial charge in [-0.25, -0.2) is 9.34 Å². The Morgan fingerprint density at radius 1 is 0.556 bits per heavy atom.